The molecule has 2 aliphatic rings. The van der Waals surface area contributed by atoms with Crippen LogP contribution in [-0.4, -0.2) is 24.6 Å². The molecule has 1 aromatic rings. The third kappa shape index (κ3) is 2.75. The van der Waals surface area contributed by atoms with Gasteiger partial charge in [0.1, 0.15) is 0 Å². The summed E-state index contributed by atoms with van der Waals surface area (Å²) >= 11 is 8.64. The average molecular weight is 310 g/mol. The Morgan fingerprint density at radius 1 is 1.25 bits per heavy atom. The maximum Gasteiger partial charge on any atom is 0.0441 e. The van der Waals surface area contributed by atoms with Crippen molar-refractivity contribution in [3.8, 4) is 0 Å². The van der Waals surface area contributed by atoms with Gasteiger partial charge in [0.05, 0.1) is 0 Å². The molecule has 3 heteroatoms. The molecule has 2 heterocycles. The molecule has 110 valence electrons. The van der Waals surface area contributed by atoms with Gasteiger partial charge in [-0.1, -0.05) is 43.6 Å². The lowest BCUT2D eigenvalue weighted by atomic mass is 9.62. The summed E-state index contributed by atoms with van der Waals surface area (Å²) in [6.07, 6.45) is 2.60. The van der Waals surface area contributed by atoms with E-state index in [4.69, 9.17) is 11.6 Å². The molecule has 2 unspecified atom stereocenters. The second kappa shape index (κ2) is 5.55. The summed E-state index contributed by atoms with van der Waals surface area (Å²) in [5.41, 5.74) is 2.21. The Hall–Kier alpha value is -0.180. The molecular formula is C17H24ClNS. The number of rotatable bonds is 1. The summed E-state index contributed by atoms with van der Waals surface area (Å²) < 4.78 is 0. The maximum atomic E-state index is 6.50. The zero-order valence-corrected chi connectivity index (χ0v) is 14.0. The number of halogens is 1. The van der Waals surface area contributed by atoms with Crippen LogP contribution in [0, 0.1) is 10.8 Å². The van der Waals surface area contributed by atoms with Gasteiger partial charge in [-0.05, 0) is 53.4 Å². The van der Waals surface area contributed by atoms with Crippen LogP contribution in [0.4, 0.5) is 0 Å². The smallest absolute Gasteiger partial charge is 0.0441 e. The van der Waals surface area contributed by atoms with Crippen LogP contribution in [0.15, 0.2) is 24.3 Å². The number of piperidine rings is 1. The second-order valence-corrected chi connectivity index (χ2v) is 8.62. The molecule has 1 aromatic carbocycles. The van der Waals surface area contributed by atoms with Crippen LogP contribution in [-0.2, 0) is 0 Å². The molecule has 1 spiro atoms. The quantitative estimate of drug-likeness (QED) is 0.815. The molecule has 20 heavy (non-hydrogen) atoms. The fourth-order valence-corrected chi connectivity index (χ4v) is 6.02. The molecule has 0 radical (unpaired) electrons. The van der Waals surface area contributed by atoms with Crippen molar-refractivity contribution >= 4 is 23.4 Å². The Bertz CT molecular complexity index is 484. The summed E-state index contributed by atoms with van der Waals surface area (Å²) in [6, 6.07) is 8.44. The second-order valence-electron chi connectivity index (χ2n) is 7.22. The van der Waals surface area contributed by atoms with E-state index in [1.165, 1.54) is 29.9 Å². The monoisotopic (exact) mass is 309 g/mol. The summed E-state index contributed by atoms with van der Waals surface area (Å²) in [5, 5.41) is 4.53. The van der Waals surface area contributed by atoms with E-state index < -0.39 is 0 Å². The minimum Gasteiger partial charge on any atom is -0.316 e. The topological polar surface area (TPSA) is 12.0 Å². The van der Waals surface area contributed by atoms with E-state index in [0.717, 1.165) is 18.1 Å². The van der Waals surface area contributed by atoms with E-state index in [1.54, 1.807) is 0 Å². The molecule has 2 fully saturated rings. The molecule has 1 N–H and O–H groups in total. The zero-order valence-electron chi connectivity index (χ0n) is 12.4. The minimum absolute atomic E-state index is 0.419. The Balaban J connectivity index is 1.97. The first-order chi connectivity index (χ1) is 9.53. The molecule has 3 rings (SSSR count). The lowest BCUT2D eigenvalue weighted by Gasteiger charge is -2.52. The van der Waals surface area contributed by atoms with Crippen molar-refractivity contribution in [2.45, 2.75) is 32.6 Å². The first kappa shape index (κ1) is 14.7. The predicted octanol–water partition coefficient (Wildman–Crippen LogP) is 4.57. The highest BCUT2D eigenvalue weighted by atomic mass is 35.5. The predicted molar refractivity (Wildman–Crippen MR) is 89.8 cm³/mol. The van der Waals surface area contributed by atoms with Crippen molar-refractivity contribution in [3.05, 3.63) is 34.9 Å². The van der Waals surface area contributed by atoms with Crippen LogP contribution in [0.5, 0.6) is 0 Å². The number of hydrogen-bond acceptors (Lipinski definition) is 2. The number of benzene rings is 1. The molecule has 1 nitrogen and oxygen atoms in total. The van der Waals surface area contributed by atoms with Crippen LogP contribution in [0.1, 0.15) is 38.2 Å². The largest absolute Gasteiger partial charge is 0.316 e. The number of nitrogens with one attached hydrogen (secondary N) is 1. The van der Waals surface area contributed by atoms with Gasteiger partial charge in [-0.25, -0.2) is 0 Å². The minimum atomic E-state index is 0.419. The highest BCUT2D eigenvalue weighted by molar-refractivity contribution is 7.99. The normalized spacial score (nSPS) is 33.2. The highest BCUT2D eigenvalue weighted by Crippen LogP contribution is 2.55. The Kier molecular flexibility index (Phi) is 4.09. The summed E-state index contributed by atoms with van der Waals surface area (Å²) in [4.78, 5) is 0. The van der Waals surface area contributed by atoms with Gasteiger partial charge in [-0.2, -0.15) is 11.8 Å². The van der Waals surface area contributed by atoms with E-state index in [-0.39, 0.29) is 0 Å². The fraction of sp³-hybridized carbons (Fsp3) is 0.647. The molecule has 2 saturated heterocycles. The standard InChI is InChI=1S/C17H24ClNS/c1-16(2)10-17(12-20-11-16)7-8-19-9-14(17)13-5-3-4-6-15(13)18/h3-6,14,19H,7-12H2,1-2H3. The first-order valence-electron chi connectivity index (χ1n) is 7.55. The Morgan fingerprint density at radius 3 is 2.80 bits per heavy atom. The van der Waals surface area contributed by atoms with Gasteiger partial charge in [0.25, 0.3) is 0 Å². The lowest BCUT2D eigenvalue weighted by molar-refractivity contribution is 0.115. The third-order valence-corrected chi connectivity index (χ3v) is 6.99. The highest BCUT2D eigenvalue weighted by Gasteiger charge is 2.47. The van der Waals surface area contributed by atoms with Gasteiger partial charge in [0.2, 0.25) is 0 Å². The van der Waals surface area contributed by atoms with Gasteiger partial charge < -0.3 is 5.32 Å². The molecule has 2 atom stereocenters. The van der Waals surface area contributed by atoms with Crippen LogP contribution in [0.25, 0.3) is 0 Å². The van der Waals surface area contributed by atoms with E-state index >= 15 is 0 Å². The molecular weight excluding hydrogens is 286 g/mol. The zero-order chi connectivity index (χ0) is 14.2. The van der Waals surface area contributed by atoms with Gasteiger partial charge in [-0.15, -0.1) is 0 Å². The first-order valence-corrected chi connectivity index (χ1v) is 9.09. The van der Waals surface area contributed by atoms with Crippen molar-refractivity contribution in [1.29, 1.82) is 0 Å². The van der Waals surface area contributed by atoms with E-state index in [2.05, 4.69) is 43.1 Å². The molecule has 0 aromatic heterocycles. The fourth-order valence-electron chi connectivity index (χ4n) is 4.14. The van der Waals surface area contributed by atoms with Gasteiger partial charge in [-0.3, -0.25) is 0 Å². The number of hydrogen-bond donors (Lipinski definition) is 1. The summed E-state index contributed by atoms with van der Waals surface area (Å²) in [7, 11) is 0. The van der Waals surface area contributed by atoms with E-state index in [9.17, 15) is 0 Å². The van der Waals surface area contributed by atoms with Crippen molar-refractivity contribution in [2.24, 2.45) is 10.8 Å². The van der Waals surface area contributed by atoms with Crippen molar-refractivity contribution < 1.29 is 0 Å². The van der Waals surface area contributed by atoms with E-state index in [1.807, 2.05) is 12.1 Å². The van der Waals surface area contributed by atoms with Gasteiger partial charge in [0, 0.05) is 17.5 Å². The van der Waals surface area contributed by atoms with Crippen LogP contribution >= 0.6 is 23.4 Å². The molecule has 0 aliphatic carbocycles. The number of thioether (sulfide) groups is 1. The Labute approximate surface area is 131 Å². The van der Waals surface area contributed by atoms with Crippen molar-refractivity contribution in [2.75, 3.05) is 24.6 Å². The SMILES string of the molecule is CC1(C)CSCC2(CCNCC2c2ccccc2Cl)C1. The molecule has 2 aliphatic heterocycles. The van der Waals surface area contributed by atoms with Crippen LogP contribution in [0.3, 0.4) is 0 Å². The van der Waals surface area contributed by atoms with E-state index in [0.29, 0.717) is 16.7 Å². The summed E-state index contributed by atoms with van der Waals surface area (Å²) in [5.74, 6) is 3.13. The van der Waals surface area contributed by atoms with Gasteiger partial charge >= 0.3 is 0 Å². The maximum absolute atomic E-state index is 6.50. The lowest BCUT2D eigenvalue weighted by Crippen LogP contribution is -2.49. The Morgan fingerprint density at radius 2 is 2.05 bits per heavy atom. The van der Waals surface area contributed by atoms with Gasteiger partial charge in [0.15, 0.2) is 0 Å². The van der Waals surface area contributed by atoms with Crippen molar-refractivity contribution in [3.63, 3.8) is 0 Å². The third-order valence-electron chi connectivity index (χ3n) is 4.88. The van der Waals surface area contributed by atoms with Crippen LogP contribution in [0.2, 0.25) is 5.02 Å². The molecule has 0 saturated carbocycles. The average Bonchev–Trinajstić information content (AvgIpc) is 2.39. The molecule has 0 amide bonds. The van der Waals surface area contributed by atoms with Crippen molar-refractivity contribution in [1.82, 2.24) is 5.32 Å². The summed E-state index contributed by atoms with van der Waals surface area (Å²) in [6.45, 7) is 7.07. The van der Waals surface area contributed by atoms with Crippen LogP contribution < -0.4 is 5.32 Å². The molecule has 0 bridgehead atoms.